The Kier molecular flexibility index (Phi) is 6.68. The molecule has 2 aliphatic heterocycles. The van der Waals surface area contributed by atoms with Gasteiger partial charge in [-0.2, -0.15) is 0 Å². The van der Waals surface area contributed by atoms with E-state index in [2.05, 4.69) is 82.9 Å². The van der Waals surface area contributed by atoms with Crippen molar-refractivity contribution in [2.24, 2.45) is 0 Å². The van der Waals surface area contributed by atoms with Crippen LogP contribution in [0.2, 0.25) is 0 Å². The first-order valence-electron chi connectivity index (χ1n) is 12.1. The van der Waals surface area contributed by atoms with E-state index in [1.165, 1.54) is 28.2 Å². The highest BCUT2D eigenvalue weighted by atomic mass is 32.1. The predicted octanol–water partition coefficient (Wildman–Crippen LogP) is 4.10. The van der Waals surface area contributed by atoms with Crippen LogP contribution in [0, 0.1) is 20.8 Å². The van der Waals surface area contributed by atoms with Gasteiger partial charge in [0.1, 0.15) is 0 Å². The monoisotopic (exact) mass is 475 g/mol. The summed E-state index contributed by atoms with van der Waals surface area (Å²) in [5.74, 6) is 0. The van der Waals surface area contributed by atoms with E-state index in [-0.39, 0.29) is 12.1 Å². The third kappa shape index (κ3) is 4.48. The van der Waals surface area contributed by atoms with Gasteiger partial charge in [0.05, 0.1) is 31.0 Å². The first-order valence-corrected chi connectivity index (χ1v) is 12.5. The Morgan fingerprint density at radius 3 is 2.59 bits per heavy atom. The maximum absolute atomic E-state index is 5.89. The normalized spacial score (nSPS) is 21.1. The summed E-state index contributed by atoms with van der Waals surface area (Å²) in [7, 11) is 0. The molecule has 0 bridgehead atoms. The van der Waals surface area contributed by atoms with E-state index < -0.39 is 0 Å². The Morgan fingerprint density at radius 2 is 1.85 bits per heavy atom. The quantitative estimate of drug-likeness (QED) is 0.542. The largest absolute Gasteiger partial charge is 0.379 e. The van der Waals surface area contributed by atoms with Gasteiger partial charge in [0, 0.05) is 49.5 Å². The highest BCUT2D eigenvalue weighted by Gasteiger charge is 2.41. The van der Waals surface area contributed by atoms with Crippen molar-refractivity contribution in [3.63, 3.8) is 0 Å². The van der Waals surface area contributed by atoms with Crippen LogP contribution in [0.4, 0.5) is 0 Å². The van der Waals surface area contributed by atoms with Gasteiger partial charge in [-0.05, 0) is 74.4 Å². The van der Waals surface area contributed by atoms with Crippen LogP contribution in [0.1, 0.15) is 40.3 Å². The standard InChI is InChI=1S/C27H33N5OS/c1-19-7-6-8-22(17-19)32-20(2)18-23(21(32)3)26-25(24-9-4-5-10-28-24)29-27(34)31(26)12-11-30-13-15-33-16-14-30/h4-10,17-18,25-26H,11-16H2,1-3H3,(H,29,34)/t25-,26+/m0/s1. The summed E-state index contributed by atoms with van der Waals surface area (Å²) >= 11 is 5.89. The van der Waals surface area contributed by atoms with Crippen molar-refractivity contribution in [2.45, 2.75) is 32.9 Å². The summed E-state index contributed by atoms with van der Waals surface area (Å²) in [6.07, 6.45) is 1.86. The van der Waals surface area contributed by atoms with Crippen molar-refractivity contribution in [1.29, 1.82) is 0 Å². The zero-order valence-electron chi connectivity index (χ0n) is 20.2. The van der Waals surface area contributed by atoms with Crippen molar-refractivity contribution in [1.82, 2.24) is 24.7 Å². The Morgan fingerprint density at radius 1 is 1.03 bits per heavy atom. The molecule has 6 nitrogen and oxygen atoms in total. The van der Waals surface area contributed by atoms with Gasteiger partial charge in [-0.1, -0.05) is 18.2 Å². The minimum absolute atomic E-state index is 0.00449. The second kappa shape index (κ2) is 9.86. The van der Waals surface area contributed by atoms with Crippen LogP contribution in [0.5, 0.6) is 0 Å². The minimum atomic E-state index is 0.00449. The second-order valence-corrected chi connectivity index (χ2v) is 9.66. The van der Waals surface area contributed by atoms with Gasteiger partial charge in [-0.25, -0.2) is 0 Å². The molecule has 7 heteroatoms. The van der Waals surface area contributed by atoms with Crippen LogP contribution >= 0.6 is 12.2 Å². The summed E-state index contributed by atoms with van der Waals surface area (Å²) in [6, 6.07) is 17.2. The first-order chi connectivity index (χ1) is 16.5. The van der Waals surface area contributed by atoms with Crippen LogP contribution in [0.25, 0.3) is 5.69 Å². The number of morpholine rings is 1. The number of aromatic nitrogens is 2. The van der Waals surface area contributed by atoms with Gasteiger partial charge in [0.15, 0.2) is 5.11 Å². The predicted molar refractivity (Wildman–Crippen MR) is 139 cm³/mol. The van der Waals surface area contributed by atoms with Crippen LogP contribution in [-0.2, 0) is 4.74 Å². The van der Waals surface area contributed by atoms with Crippen molar-refractivity contribution < 1.29 is 4.74 Å². The van der Waals surface area contributed by atoms with E-state index in [1.54, 1.807) is 0 Å². The van der Waals surface area contributed by atoms with Crippen molar-refractivity contribution in [3.8, 4) is 5.69 Å². The molecule has 4 heterocycles. The third-order valence-corrected chi connectivity index (χ3v) is 7.36. The lowest BCUT2D eigenvalue weighted by Gasteiger charge is -2.32. The molecule has 0 saturated carbocycles. The average molecular weight is 476 g/mol. The van der Waals surface area contributed by atoms with E-state index >= 15 is 0 Å². The molecule has 34 heavy (non-hydrogen) atoms. The summed E-state index contributed by atoms with van der Waals surface area (Å²) in [6.45, 7) is 12.0. The molecule has 5 rings (SSSR count). The number of rotatable bonds is 6. The number of aryl methyl sites for hydroxylation is 2. The minimum Gasteiger partial charge on any atom is -0.379 e. The van der Waals surface area contributed by atoms with Gasteiger partial charge in [-0.3, -0.25) is 9.88 Å². The van der Waals surface area contributed by atoms with Gasteiger partial charge < -0.3 is 19.5 Å². The van der Waals surface area contributed by atoms with Crippen molar-refractivity contribution in [2.75, 3.05) is 39.4 Å². The number of thiocarbonyl (C=S) groups is 1. The van der Waals surface area contributed by atoms with Crippen LogP contribution in [-0.4, -0.2) is 63.9 Å². The Bertz CT molecular complexity index is 1160. The molecule has 2 fully saturated rings. The molecule has 0 spiro atoms. The topological polar surface area (TPSA) is 45.6 Å². The molecular formula is C27H33N5OS. The molecule has 2 saturated heterocycles. The van der Waals surface area contributed by atoms with Gasteiger partial charge >= 0.3 is 0 Å². The van der Waals surface area contributed by atoms with Crippen LogP contribution in [0.3, 0.4) is 0 Å². The third-order valence-electron chi connectivity index (χ3n) is 7.01. The molecule has 0 amide bonds. The highest BCUT2D eigenvalue weighted by Crippen LogP contribution is 2.41. The SMILES string of the molecule is Cc1cccc(-n2c(C)cc([C@@H]3[C@H](c4ccccn4)NC(=S)N3CCN3CCOCC3)c2C)c1. The molecule has 2 atom stereocenters. The van der Waals surface area contributed by atoms with Crippen LogP contribution < -0.4 is 5.32 Å². The molecule has 1 aromatic carbocycles. The van der Waals surface area contributed by atoms with E-state index in [0.29, 0.717) is 0 Å². The zero-order chi connectivity index (χ0) is 23.7. The summed E-state index contributed by atoms with van der Waals surface area (Å²) in [5.41, 5.74) is 7.24. The maximum atomic E-state index is 5.89. The lowest BCUT2D eigenvalue weighted by molar-refractivity contribution is 0.0350. The van der Waals surface area contributed by atoms with Crippen LogP contribution in [0.15, 0.2) is 54.7 Å². The smallest absolute Gasteiger partial charge is 0.170 e. The lowest BCUT2D eigenvalue weighted by atomic mass is 9.96. The van der Waals surface area contributed by atoms with E-state index in [0.717, 1.165) is 50.2 Å². The summed E-state index contributed by atoms with van der Waals surface area (Å²) in [5, 5.41) is 4.40. The fourth-order valence-electron chi connectivity index (χ4n) is 5.31. The number of nitrogens with zero attached hydrogens (tertiary/aromatic N) is 4. The number of ether oxygens (including phenoxy) is 1. The fourth-order valence-corrected chi connectivity index (χ4v) is 5.64. The number of hydrogen-bond acceptors (Lipinski definition) is 4. The van der Waals surface area contributed by atoms with Gasteiger partial charge in [-0.15, -0.1) is 0 Å². The Hall–Kier alpha value is -2.74. The van der Waals surface area contributed by atoms with Crippen molar-refractivity contribution in [3.05, 3.63) is 82.9 Å². The number of pyridine rings is 1. The summed E-state index contributed by atoms with van der Waals surface area (Å²) < 4.78 is 7.90. The zero-order valence-corrected chi connectivity index (χ0v) is 21.0. The Labute approximate surface area is 207 Å². The van der Waals surface area contributed by atoms with E-state index in [1.807, 2.05) is 12.3 Å². The molecule has 0 radical (unpaired) electrons. The molecule has 2 aromatic heterocycles. The molecule has 0 unspecified atom stereocenters. The van der Waals surface area contributed by atoms with E-state index in [4.69, 9.17) is 21.9 Å². The van der Waals surface area contributed by atoms with E-state index in [9.17, 15) is 0 Å². The molecule has 1 N–H and O–H groups in total. The highest BCUT2D eigenvalue weighted by molar-refractivity contribution is 7.80. The first kappa shape index (κ1) is 23.0. The Balaban J connectivity index is 1.52. The maximum Gasteiger partial charge on any atom is 0.170 e. The molecule has 3 aromatic rings. The number of hydrogen-bond donors (Lipinski definition) is 1. The number of benzene rings is 1. The molecular weight excluding hydrogens is 442 g/mol. The molecule has 0 aliphatic carbocycles. The molecule has 2 aliphatic rings. The summed E-state index contributed by atoms with van der Waals surface area (Å²) in [4.78, 5) is 9.53. The molecule has 178 valence electrons. The number of nitrogens with one attached hydrogen (secondary N) is 1. The lowest BCUT2D eigenvalue weighted by Crippen LogP contribution is -2.42. The second-order valence-electron chi connectivity index (χ2n) is 9.27. The van der Waals surface area contributed by atoms with Gasteiger partial charge in [0.2, 0.25) is 0 Å². The fraction of sp³-hybridized carbons (Fsp3) is 0.407. The van der Waals surface area contributed by atoms with Crippen molar-refractivity contribution >= 4 is 17.3 Å². The average Bonchev–Trinajstić information content (AvgIpc) is 3.33. The van der Waals surface area contributed by atoms with Gasteiger partial charge in [0.25, 0.3) is 0 Å².